The van der Waals surface area contributed by atoms with Gasteiger partial charge in [0.25, 0.3) is 0 Å². The third kappa shape index (κ3) is 2.49. The van der Waals surface area contributed by atoms with Crippen molar-refractivity contribution in [3.63, 3.8) is 0 Å². The first-order chi connectivity index (χ1) is 7.38. The Balaban J connectivity index is 1.98. The molecule has 15 heavy (non-hydrogen) atoms. The van der Waals surface area contributed by atoms with Crippen molar-refractivity contribution in [2.45, 2.75) is 6.54 Å². The summed E-state index contributed by atoms with van der Waals surface area (Å²) in [5.41, 5.74) is 2.16. The fourth-order valence-corrected chi connectivity index (χ4v) is 1.33. The average molecular weight is 203 g/mol. The number of anilines is 1. The summed E-state index contributed by atoms with van der Waals surface area (Å²) in [5, 5.41) is 9.85. The van der Waals surface area contributed by atoms with E-state index in [1.165, 1.54) is 5.56 Å². The van der Waals surface area contributed by atoms with Gasteiger partial charge in [-0.15, -0.1) is 0 Å². The highest BCUT2D eigenvalue weighted by molar-refractivity contribution is 5.39. The minimum atomic E-state index is 0.761. The fraction of sp³-hybridized carbons (Fsp3) is 0.182. The minimum Gasteiger partial charge on any atom is -0.497 e. The predicted octanol–water partition coefficient (Wildman–Crippen LogP) is 2.03. The predicted molar refractivity (Wildman–Crippen MR) is 58.9 cm³/mol. The zero-order chi connectivity index (χ0) is 10.5. The highest BCUT2D eigenvalue weighted by Crippen LogP contribution is 2.13. The van der Waals surface area contributed by atoms with Crippen LogP contribution in [0.4, 0.5) is 5.69 Å². The van der Waals surface area contributed by atoms with Crippen molar-refractivity contribution in [1.29, 1.82) is 0 Å². The van der Waals surface area contributed by atoms with E-state index < -0.39 is 0 Å². The Hall–Kier alpha value is -1.97. The second-order valence-corrected chi connectivity index (χ2v) is 3.19. The van der Waals surface area contributed by atoms with Crippen molar-refractivity contribution in [2.75, 3.05) is 12.4 Å². The van der Waals surface area contributed by atoms with Crippen molar-refractivity contribution >= 4 is 5.69 Å². The fourth-order valence-electron chi connectivity index (χ4n) is 1.33. The van der Waals surface area contributed by atoms with Gasteiger partial charge in [-0.05, 0) is 17.7 Å². The quantitative estimate of drug-likeness (QED) is 0.799. The van der Waals surface area contributed by atoms with Crippen LogP contribution in [0, 0.1) is 0 Å². The van der Waals surface area contributed by atoms with Gasteiger partial charge in [-0.2, -0.15) is 5.10 Å². The van der Waals surface area contributed by atoms with Gasteiger partial charge in [0, 0.05) is 12.7 Å². The summed E-state index contributed by atoms with van der Waals surface area (Å²) in [5.74, 6) is 0.876. The van der Waals surface area contributed by atoms with Gasteiger partial charge in [-0.3, -0.25) is 5.10 Å². The van der Waals surface area contributed by atoms with Gasteiger partial charge < -0.3 is 10.1 Å². The van der Waals surface area contributed by atoms with Gasteiger partial charge in [0.15, 0.2) is 0 Å². The number of nitrogens with zero attached hydrogens (tertiary/aromatic N) is 1. The Morgan fingerprint density at radius 1 is 1.47 bits per heavy atom. The third-order valence-corrected chi connectivity index (χ3v) is 2.13. The number of benzene rings is 1. The molecule has 0 amide bonds. The molecule has 1 aromatic heterocycles. The van der Waals surface area contributed by atoms with Crippen LogP contribution in [0.2, 0.25) is 0 Å². The van der Waals surface area contributed by atoms with Crippen LogP contribution in [0.15, 0.2) is 36.7 Å². The molecule has 2 N–H and O–H groups in total. The molecule has 0 radical (unpaired) electrons. The monoisotopic (exact) mass is 203 g/mol. The number of aromatic amines is 1. The lowest BCUT2D eigenvalue weighted by molar-refractivity contribution is 0.414. The zero-order valence-corrected chi connectivity index (χ0v) is 8.53. The summed E-state index contributed by atoms with van der Waals surface area (Å²) in [4.78, 5) is 0. The highest BCUT2D eigenvalue weighted by atomic mass is 16.5. The number of nitrogens with one attached hydrogen (secondary N) is 2. The molecule has 0 saturated carbocycles. The van der Waals surface area contributed by atoms with E-state index in [2.05, 4.69) is 21.6 Å². The van der Waals surface area contributed by atoms with Gasteiger partial charge in [-0.1, -0.05) is 12.1 Å². The van der Waals surface area contributed by atoms with Crippen LogP contribution in [0.1, 0.15) is 5.56 Å². The highest BCUT2D eigenvalue weighted by Gasteiger charge is 1.96. The molecule has 0 fully saturated rings. The number of ether oxygens (including phenoxy) is 1. The van der Waals surface area contributed by atoms with Crippen LogP contribution in [0.3, 0.4) is 0 Å². The van der Waals surface area contributed by atoms with E-state index in [9.17, 15) is 0 Å². The van der Waals surface area contributed by atoms with E-state index in [-0.39, 0.29) is 0 Å². The molecular formula is C11H13N3O. The lowest BCUT2D eigenvalue weighted by Gasteiger charge is -2.05. The maximum absolute atomic E-state index is 5.15. The van der Waals surface area contributed by atoms with Crippen molar-refractivity contribution < 1.29 is 4.74 Å². The molecule has 0 atom stereocenters. The van der Waals surface area contributed by atoms with Crippen molar-refractivity contribution in [3.8, 4) is 5.75 Å². The first kappa shape index (κ1) is 9.58. The smallest absolute Gasteiger partial charge is 0.119 e. The molecule has 0 saturated heterocycles. The Kier molecular flexibility index (Phi) is 2.88. The van der Waals surface area contributed by atoms with Crippen LogP contribution in [0.5, 0.6) is 5.75 Å². The van der Waals surface area contributed by atoms with Gasteiger partial charge in [-0.25, -0.2) is 0 Å². The number of methoxy groups -OCH3 is 1. The molecule has 0 unspecified atom stereocenters. The largest absolute Gasteiger partial charge is 0.497 e. The molecule has 78 valence electrons. The number of rotatable bonds is 4. The SMILES string of the molecule is COc1cccc(CNc2cn[nH]c2)c1. The van der Waals surface area contributed by atoms with E-state index >= 15 is 0 Å². The Morgan fingerprint density at radius 3 is 3.13 bits per heavy atom. The maximum Gasteiger partial charge on any atom is 0.119 e. The zero-order valence-electron chi connectivity index (χ0n) is 8.53. The molecule has 0 aliphatic heterocycles. The molecule has 4 nitrogen and oxygen atoms in total. The molecule has 1 heterocycles. The minimum absolute atomic E-state index is 0.761. The molecule has 0 spiro atoms. The van der Waals surface area contributed by atoms with Crippen molar-refractivity contribution in [1.82, 2.24) is 10.2 Å². The number of aromatic nitrogens is 2. The van der Waals surface area contributed by atoms with Crippen LogP contribution in [-0.4, -0.2) is 17.3 Å². The summed E-state index contributed by atoms with van der Waals surface area (Å²) in [6.07, 6.45) is 3.57. The Bertz CT molecular complexity index is 412. The van der Waals surface area contributed by atoms with Crippen LogP contribution in [0.25, 0.3) is 0 Å². The van der Waals surface area contributed by atoms with Crippen molar-refractivity contribution in [2.24, 2.45) is 0 Å². The molecule has 0 aliphatic rings. The lowest BCUT2D eigenvalue weighted by Crippen LogP contribution is -1.98. The second-order valence-electron chi connectivity index (χ2n) is 3.19. The summed E-state index contributed by atoms with van der Waals surface area (Å²) < 4.78 is 5.15. The number of hydrogen-bond donors (Lipinski definition) is 2. The van der Waals surface area contributed by atoms with E-state index in [1.54, 1.807) is 13.3 Å². The summed E-state index contributed by atoms with van der Waals surface area (Å²) in [6, 6.07) is 7.97. The van der Waals surface area contributed by atoms with Crippen molar-refractivity contribution in [3.05, 3.63) is 42.2 Å². The van der Waals surface area contributed by atoms with Crippen LogP contribution < -0.4 is 10.1 Å². The Labute approximate surface area is 88.3 Å². The van der Waals surface area contributed by atoms with E-state index in [0.29, 0.717) is 0 Å². The number of H-pyrrole nitrogens is 1. The Morgan fingerprint density at radius 2 is 2.40 bits per heavy atom. The van der Waals surface area contributed by atoms with E-state index in [4.69, 9.17) is 4.74 Å². The molecule has 1 aromatic carbocycles. The summed E-state index contributed by atoms with van der Waals surface area (Å²) in [6.45, 7) is 0.761. The lowest BCUT2D eigenvalue weighted by atomic mass is 10.2. The first-order valence-electron chi connectivity index (χ1n) is 4.74. The second kappa shape index (κ2) is 4.50. The molecule has 0 bridgehead atoms. The first-order valence-corrected chi connectivity index (χ1v) is 4.74. The molecule has 2 aromatic rings. The number of hydrogen-bond acceptors (Lipinski definition) is 3. The molecule has 2 rings (SSSR count). The summed E-state index contributed by atoms with van der Waals surface area (Å²) in [7, 11) is 1.67. The van der Waals surface area contributed by atoms with Gasteiger partial charge in [0.2, 0.25) is 0 Å². The maximum atomic E-state index is 5.15. The molecule has 4 heteroatoms. The van der Waals surface area contributed by atoms with Crippen LogP contribution in [-0.2, 0) is 6.54 Å². The van der Waals surface area contributed by atoms with Gasteiger partial charge in [0.05, 0.1) is 19.0 Å². The molecular weight excluding hydrogens is 190 g/mol. The van der Waals surface area contributed by atoms with E-state index in [0.717, 1.165) is 18.0 Å². The van der Waals surface area contributed by atoms with Crippen LogP contribution >= 0.6 is 0 Å². The third-order valence-electron chi connectivity index (χ3n) is 2.13. The topological polar surface area (TPSA) is 49.9 Å². The standard InChI is InChI=1S/C11H13N3O/c1-15-11-4-2-3-9(5-11)6-12-10-7-13-14-8-10/h2-5,7-8,12H,6H2,1H3,(H,13,14). The normalized spacial score (nSPS) is 9.93. The molecule has 0 aliphatic carbocycles. The van der Waals surface area contributed by atoms with Gasteiger partial charge >= 0.3 is 0 Å². The average Bonchev–Trinajstić information content (AvgIpc) is 2.79. The van der Waals surface area contributed by atoms with Gasteiger partial charge in [0.1, 0.15) is 5.75 Å². The van der Waals surface area contributed by atoms with E-state index in [1.807, 2.05) is 24.4 Å². The summed E-state index contributed by atoms with van der Waals surface area (Å²) >= 11 is 0.